The Balaban J connectivity index is 1.94. The van der Waals surface area contributed by atoms with Crippen molar-refractivity contribution < 1.29 is 4.74 Å². The Hall–Kier alpha value is -1.68. The first-order chi connectivity index (χ1) is 9.69. The lowest BCUT2D eigenvalue weighted by Gasteiger charge is -2.09. The van der Waals surface area contributed by atoms with Crippen LogP contribution in [0.3, 0.4) is 0 Å². The van der Waals surface area contributed by atoms with Gasteiger partial charge >= 0.3 is 5.69 Å². The molecule has 0 spiro atoms. The lowest BCUT2D eigenvalue weighted by Crippen LogP contribution is -2.24. The first-order valence-corrected chi connectivity index (χ1v) is 7.26. The maximum atomic E-state index is 12.2. The van der Waals surface area contributed by atoms with E-state index in [9.17, 15) is 4.79 Å². The summed E-state index contributed by atoms with van der Waals surface area (Å²) < 4.78 is 9.10. The lowest BCUT2D eigenvalue weighted by atomic mass is 10.1. The van der Waals surface area contributed by atoms with Crippen LogP contribution in [-0.2, 0) is 19.5 Å². The fraction of sp³-hybridized carbons (Fsp3) is 0.400. The summed E-state index contributed by atoms with van der Waals surface area (Å²) in [7, 11) is 0. The van der Waals surface area contributed by atoms with Gasteiger partial charge in [0.1, 0.15) is 5.75 Å². The number of aromatic nitrogens is 2. The van der Waals surface area contributed by atoms with Crippen LogP contribution < -0.4 is 10.4 Å². The highest BCUT2D eigenvalue weighted by atomic mass is 35.5. The maximum absolute atomic E-state index is 12.2. The lowest BCUT2D eigenvalue weighted by molar-refractivity contribution is 0.352. The molecule has 0 amide bonds. The van der Waals surface area contributed by atoms with Crippen LogP contribution in [0.1, 0.15) is 24.5 Å². The maximum Gasteiger partial charge on any atom is 0.328 e. The molecule has 20 heavy (non-hydrogen) atoms. The predicted molar refractivity (Wildman–Crippen MR) is 78.7 cm³/mol. The molecule has 1 aromatic heterocycles. The van der Waals surface area contributed by atoms with Crippen molar-refractivity contribution in [3.05, 3.63) is 51.2 Å². The minimum atomic E-state index is 0.0126. The van der Waals surface area contributed by atoms with E-state index < -0.39 is 0 Å². The molecule has 0 N–H and O–H groups in total. The Kier molecular flexibility index (Phi) is 3.57. The third kappa shape index (κ3) is 2.36. The number of fused-ring (bicyclic) bond motifs is 1. The summed E-state index contributed by atoms with van der Waals surface area (Å²) in [6.07, 6.45) is 5.48. The molecule has 106 valence electrons. The second kappa shape index (κ2) is 5.37. The van der Waals surface area contributed by atoms with Gasteiger partial charge in [0, 0.05) is 35.9 Å². The molecule has 5 heteroatoms. The molecule has 0 bridgehead atoms. The second-order valence-electron chi connectivity index (χ2n) is 5.05. The minimum absolute atomic E-state index is 0.0126. The van der Waals surface area contributed by atoms with Crippen molar-refractivity contribution >= 4 is 11.6 Å². The van der Waals surface area contributed by atoms with Crippen LogP contribution in [0.2, 0.25) is 5.02 Å². The van der Waals surface area contributed by atoms with E-state index in [-0.39, 0.29) is 5.69 Å². The Labute approximate surface area is 122 Å². The Morgan fingerprint density at radius 3 is 2.90 bits per heavy atom. The number of hydrogen-bond donors (Lipinski definition) is 0. The van der Waals surface area contributed by atoms with Gasteiger partial charge in [-0.3, -0.25) is 9.13 Å². The van der Waals surface area contributed by atoms with E-state index >= 15 is 0 Å². The van der Waals surface area contributed by atoms with Gasteiger partial charge in [-0.2, -0.15) is 0 Å². The molecule has 2 aromatic rings. The van der Waals surface area contributed by atoms with E-state index in [1.54, 1.807) is 9.13 Å². The molecule has 1 aromatic carbocycles. The van der Waals surface area contributed by atoms with Crippen LogP contribution in [0.4, 0.5) is 0 Å². The molecule has 2 heterocycles. The zero-order valence-corrected chi connectivity index (χ0v) is 12.2. The van der Waals surface area contributed by atoms with Crippen LogP contribution in [0.25, 0.3) is 0 Å². The van der Waals surface area contributed by atoms with Crippen molar-refractivity contribution in [3.63, 3.8) is 0 Å². The highest BCUT2D eigenvalue weighted by Crippen LogP contribution is 2.33. The number of benzene rings is 1. The van der Waals surface area contributed by atoms with E-state index in [0.717, 1.165) is 36.3 Å². The van der Waals surface area contributed by atoms with E-state index in [1.165, 1.54) is 0 Å². The summed E-state index contributed by atoms with van der Waals surface area (Å²) >= 11 is 6.14. The summed E-state index contributed by atoms with van der Waals surface area (Å²) in [5.41, 5.74) is 2.12. The summed E-state index contributed by atoms with van der Waals surface area (Å²) in [4.78, 5) is 12.2. The average Bonchev–Trinajstić information content (AvgIpc) is 3.00. The molecule has 3 rings (SSSR count). The zero-order valence-electron chi connectivity index (χ0n) is 11.4. The fourth-order valence-corrected chi connectivity index (χ4v) is 2.90. The molecule has 0 fully saturated rings. The van der Waals surface area contributed by atoms with Gasteiger partial charge in [-0.1, -0.05) is 18.5 Å². The molecule has 1 aliphatic heterocycles. The first-order valence-electron chi connectivity index (χ1n) is 6.88. The average molecular weight is 293 g/mol. The van der Waals surface area contributed by atoms with Crippen LogP contribution >= 0.6 is 11.6 Å². The topological polar surface area (TPSA) is 36.2 Å². The van der Waals surface area contributed by atoms with Crippen LogP contribution in [0.5, 0.6) is 5.75 Å². The van der Waals surface area contributed by atoms with Gasteiger partial charge in [0.05, 0.1) is 13.2 Å². The number of aryl methyl sites for hydroxylation is 1. The Bertz CT molecular complexity index is 688. The van der Waals surface area contributed by atoms with Gasteiger partial charge in [0.2, 0.25) is 0 Å². The normalized spacial score (nSPS) is 13.3. The Morgan fingerprint density at radius 1 is 1.30 bits per heavy atom. The van der Waals surface area contributed by atoms with Crippen molar-refractivity contribution in [1.29, 1.82) is 0 Å². The smallest absolute Gasteiger partial charge is 0.328 e. The molecule has 0 unspecified atom stereocenters. The van der Waals surface area contributed by atoms with E-state index in [2.05, 4.69) is 6.92 Å². The molecule has 1 aliphatic rings. The van der Waals surface area contributed by atoms with E-state index in [1.807, 2.05) is 24.5 Å². The quantitative estimate of drug-likeness (QED) is 0.869. The molecule has 4 nitrogen and oxygen atoms in total. The molecule has 0 radical (unpaired) electrons. The number of rotatable bonds is 4. The SMILES string of the molecule is CCCn1ccn(Cc2cc(Cl)cc3c2OCC3)c1=O. The third-order valence-electron chi connectivity index (χ3n) is 3.55. The number of hydrogen-bond acceptors (Lipinski definition) is 2. The van der Waals surface area contributed by atoms with Crippen LogP contribution in [0, 0.1) is 0 Å². The predicted octanol–water partition coefficient (Wildman–Crippen LogP) is 2.70. The largest absolute Gasteiger partial charge is 0.493 e. The van der Waals surface area contributed by atoms with Crippen molar-refractivity contribution in [2.75, 3.05) is 6.61 Å². The molecule has 0 saturated heterocycles. The van der Waals surface area contributed by atoms with Crippen molar-refractivity contribution in [2.45, 2.75) is 32.9 Å². The van der Waals surface area contributed by atoms with Crippen molar-refractivity contribution in [1.82, 2.24) is 9.13 Å². The molecular formula is C15H17ClN2O2. The van der Waals surface area contributed by atoms with Crippen molar-refractivity contribution in [2.24, 2.45) is 0 Å². The van der Waals surface area contributed by atoms with Gasteiger partial charge in [-0.15, -0.1) is 0 Å². The second-order valence-corrected chi connectivity index (χ2v) is 5.49. The summed E-state index contributed by atoms with van der Waals surface area (Å²) in [5, 5.41) is 0.699. The fourth-order valence-electron chi connectivity index (χ4n) is 2.63. The standard InChI is InChI=1S/C15H17ClN2O2/c1-2-4-17-5-6-18(15(17)19)10-12-9-13(16)8-11-3-7-20-14(11)12/h5-6,8-9H,2-4,7,10H2,1H3. The highest BCUT2D eigenvalue weighted by molar-refractivity contribution is 6.30. The van der Waals surface area contributed by atoms with Gasteiger partial charge < -0.3 is 4.74 Å². The number of nitrogens with zero attached hydrogens (tertiary/aromatic N) is 2. The monoisotopic (exact) mass is 292 g/mol. The van der Waals surface area contributed by atoms with Gasteiger partial charge in [0.25, 0.3) is 0 Å². The number of halogens is 1. The zero-order chi connectivity index (χ0) is 14.1. The van der Waals surface area contributed by atoms with E-state index in [4.69, 9.17) is 16.3 Å². The minimum Gasteiger partial charge on any atom is -0.493 e. The number of ether oxygens (including phenoxy) is 1. The van der Waals surface area contributed by atoms with Crippen LogP contribution in [-0.4, -0.2) is 15.7 Å². The molecular weight excluding hydrogens is 276 g/mol. The third-order valence-corrected chi connectivity index (χ3v) is 3.77. The summed E-state index contributed by atoms with van der Waals surface area (Å²) in [6, 6.07) is 3.83. The van der Waals surface area contributed by atoms with Crippen LogP contribution in [0.15, 0.2) is 29.3 Å². The van der Waals surface area contributed by atoms with E-state index in [0.29, 0.717) is 18.2 Å². The summed E-state index contributed by atoms with van der Waals surface area (Å²) in [6.45, 7) is 3.99. The molecule has 0 aliphatic carbocycles. The molecule has 0 atom stereocenters. The van der Waals surface area contributed by atoms with Gasteiger partial charge in [-0.25, -0.2) is 4.79 Å². The molecule has 0 saturated carbocycles. The van der Waals surface area contributed by atoms with Crippen molar-refractivity contribution in [3.8, 4) is 5.75 Å². The van der Waals surface area contributed by atoms with Gasteiger partial charge in [-0.05, 0) is 24.1 Å². The first kappa shape index (κ1) is 13.3. The number of imidazole rings is 1. The highest BCUT2D eigenvalue weighted by Gasteiger charge is 2.18. The Morgan fingerprint density at radius 2 is 2.10 bits per heavy atom. The van der Waals surface area contributed by atoms with Gasteiger partial charge in [0.15, 0.2) is 0 Å². The summed E-state index contributed by atoms with van der Waals surface area (Å²) in [5.74, 6) is 0.893.